The van der Waals surface area contributed by atoms with Gasteiger partial charge in [0.25, 0.3) is 0 Å². The first-order valence-corrected chi connectivity index (χ1v) is 8.69. The molecule has 4 rings (SSSR count). The van der Waals surface area contributed by atoms with Gasteiger partial charge in [0.05, 0.1) is 12.2 Å². The third kappa shape index (κ3) is 3.44. The second kappa shape index (κ2) is 7.00. The minimum atomic E-state index is -0.385. The van der Waals surface area contributed by atoms with Crippen LogP contribution >= 0.6 is 0 Å². The fourth-order valence-corrected chi connectivity index (χ4v) is 3.06. The molecule has 0 aliphatic carbocycles. The molecule has 132 valence electrons. The molecular weight excluding hydrogens is 328 g/mol. The Kier molecular flexibility index (Phi) is 4.39. The van der Waals surface area contributed by atoms with Crippen LogP contribution in [0.2, 0.25) is 0 Å². The zero-order chi connectivity index (χ0) is 17.9. The van der Waals surface area contributed by atoms with Crippen molar-refractivity contribution < 1.29 is 9.53 Å². The van der Waals surface area contributed by atoms with Crippen molar-refractivity contribution in [3.63, 3.8) is 0 Å². The number of ether oxygens (including phenoxy) is 1. The first kappa shape index (κ1) is 16.3. The number of carbonyl (C=O) groups is 1. The van der Waals surface area contributed by atoms with Crippen LogP contribution in [0.3, 0.4) is 0 Å². The number of carbonyl (C=O) groups excluding carboxylic acids is 1. The van der Waals surface area contributed by atoms with E-state index in [1.807, 2.05) is 49.4 Å². The van der Waals surface area contributed by atoms with E-state index in [1.165, 1.54) is 5.56 Å². The first-order valence-electron chi connectivity index (χ1n) is 8.69. The van der Waals surface area contributed by atoms with Gasteiger partial charge in [0.1, 0.15) is 11.9 Å². The topological polar surface area (TPSA) is 60.2 Å². The highest BCUT2D eigenvalue weighted by molar-refractivity contribution is 5.87. The SMILES string of the molecule is Cc1ccc(-n2ccc(C(=O)O[C@@H]3CCN(c4ccccn4)C3)n2)cc1. The van der Waals surface area contributed by atoms with Crippen LogP contribution in [0.1, 0.15) is 22.5 Å². The molecule has 6 nitrogen and oxygen atoms in total. The van der Waals surface area contributed by atoms with Gasteiger partial charge in [-0.1, -0.05) is 23.8 Å². The maximum atomic E-state index is 12.4. The molecule has 1 aromatic carbocycles. The predicted octanol–water partition coefficient (Wildman–Crippen LogP) is 3.01. The number of hydrogen-bond donors (Lipinski definition) is 0. The normalized spacial score (nSPS) is 16.7. The molecular formula is C20H20N4O2. The number of nitrogens with zero attached hydrogens (tertiary/aromatic N) is 4. The van der Waals surface area contributed by atoms with Gasteiger partial charge >= 0.3 is 5.97 Å². The molecule has 0 spiro atoms. The second-order valence-electron chi connectivity index (χ2n) is 6.43. The van der Waals surface area contributed by atoms with Gasteiger partial charge < -0.3 is 9.64 Å². The molecule has 0 radical (unpaired) electrons. The van der Waals surface area contributed by atoms with Crippen LogP contribution in [0.4, 0.5) is 5.82 Å². The Labute approximate surface area is 152 Å². The Morgan fingerprint density at radius 3 is 2.77 bits per heavy atom. The van der Waals surface area contributed by atoms with Crippen molar-refractivity contribution in [2.45, 2.75) is 19.4 Å². The summed E-state index contributed by atoms with van der Waals surface area (Å²) in [5, 5.41) is 4.35. The molecule has 0 unspecified atom stereocenters. The molecule has 26 heavy (non-hydrogen) atoms. The fraction of sp³-hybridized carbons (Fsp3) is 0.250. The Balaban J connectivity index is 1.39. The van der Waals surface area contributed by atoms with Crippen molar-refractivity contribution in [1.82, 2.24) is 14.8 Å². The molecule has 0 amide bonds. The van der Waals surface area contributed by atoms with Crippen molar-refractivity contribution in [3.05, 3.63) is 72.2 Å². The number of aromatic nitrogens is 3. The highest BCUT2D eigenvalue weighted by Crippen LogP contribution is 2.20. The third-order valence-corrected chi connectivity index (χ3v) is 4.49. The molecule has 3 aromatic rings. The molecule has 1 saturated heterocycles. The van der Waals surface area contributed by atoms with E-state index in [0.717, 1.165) is 24.5 Å². The summed E-state index contributed by atoms with van der Waals surface area (Å²) in [6, 6.07) is 15.5. The Hall–Kier alpha value is -3.15. The van der Waals surface area contributed by atoms with Gasteiger partial charge in [0.15, 0.2) is 5.69 Å². The van der Waals surface area contributed by atoms with Gasteiger partial charge in [-0.2, -0.15) is 5.10 Å². The zero-order valence-corrected chi connectivity index (χ0v) is 14.6. The molecule has 0 saturated carbocycles. The smallest absolute Gasteiger partial charge is 0.359 e. The Morgan fingerprint density at radius 2 is 2.00 bits per heavy atom. The lowest BCUT2D eigenvalue weighted by molar-refractivity contribution is 0.0340. The number of benzene rings is 1. The van der Waals surface area contributed by atoms with Gasteiger partial charge in [-0.25, -0.2) is 14.5 Å². The summed E-state index contributed by atoms with van der Waals surface area (Å²) < 4.78 is 7.32. The van der Waals surface area contributed by atoms with Gasteiger partial charge in [-0.05, 0) is 37.3 Å². The average molecular weight is 348 g/mol. The number of aryl methyl sites for hydroxylation is 1. The highest BCUT2D eigenvalue weighted by atomic mass is 16.5. The highest BCUT2D eigenvalue weighted by Gasteiger charge is 2.27. The van der Waals surface area contributed by atoms with Crippen LogP contribution in [0.15, 0.2) is 60.9 Å². The second-order valence-corrected chi connectivity index (χ2v) is 6.43. The lowest BCUT2D eigenvalue weighted by Gasteiger charge is -2.16. The molecule has 1 aliphatic rings. The van der Waals surface area contributed by atoms with Crippen LogP contribution in [0.25, 0.3) is 5.69 Å². The summed E-state index contributed by atoms with van der Waals surface area (Å²) in [5.41, 5.74) is 2.41. The number of rotatable bonds is 4. The van der Waals surface area contributed by atoms with E-state index in [4.69, 9.17) is 4.74 Å². The summed E-state index contributed by atoms with van der Waals surface area (Å²) in [6.45, 7) is 3.51. The van der Waals surface area contributed by atoms with Crippen LogP contribution in [0, 0.1) is 6.92 Å². The third-order valence-electron chi connectivity index (χ3n) is 4.49. The van der Waals surface area contributed by atoms with Gasteiger partial charge in [-0.3, -0.25) is 0 Å². The van der Waals surface area contributed by atoms with Gasteiger partial charge in [-0.15, -0.1) is 0 Å². The molecule has 1 fully saturated rings. The van der Waals surface area contributed by atoms with E-state index in [9.17, 15) is 4.79 Å². The van der Waals surface area contributed by atoms with Crippen molar-refractivity contribution in [2.75, 3.05) is 18.0 Å². The molecule has 2 aromatic heterocycles. The lowest BCUT2D eigenvalue weighted by atomic mass is 10.2. The molecule has 0 bridgehead atoms. The van der Waals surface area contributed by atoms with Crippen molar-refractivity contribution >= 4 is 11.8 Å². The predicted molar refractivity (Wildman–Crippen MR) is 98.6 cm³/mol. The molecule has 3 heterocycles. The van der Waals surface area contributed by atoms with E-state index in [0.29, 0.717) is 12.2 Å². The summed E-state index contributed by atoms with van der Waals surface area (Å²) in [5.74, 6) is 0.526. The van der Waals surface area contributed by atoms with Gasteiger partial charge in [0, 0.05) is 25.4 Å². The molecule has 1 atom stereocenters. The number of esters is 1. The maximum absolute atomic E-state index is 12.4. The van der Waals surface area contributed by atoms with Crippen molar-refractivity contribution in [1.29, 1.82) is 0 Å². The largest absolute Gasteiger partial charge is 0.456 e. The number of anilines is 1. The Bertz CT molecular complexity index is 890. The summed E-state index contributed by atoms with van der Waals surface area (Å²) >= 11 is 0. The van der Waals surface area contributed by atoms with Crippen molar-refractivity contribution in [3.8, 4) is 5.69 Å². The number of pyridine rings is 1. The van der Waals surface area contributed by atoms with E-state index >= 15 is 0 Å². The summed E-state index contributed by atoms with van der Waals surface area (Å²) in [4.78, 5) is 18.9. The van der Waals surface area contributed by atoms with E-state index in [-0.39, 0.29) is 12.1 Å². The maximum Gasteiger partial charge on any atom is 0.359 e. The van der Waals surface area contributed by atoms with Crippen LogP contribution < -0.4 is 4.90 Å². The number of hydrogen-bond acceptors (Lipinski definition) is 5. The minimum Gasteiger partial charge on any atom is -0.456 e. The summed E-state index contributed by atoms with van der Waals surface area (Å²) in [6.07, 6.45) is 4.19. The van der Waals surface area contributed by atoms with E-state index < -0.39 is 0 Å². The van der Waals surface area contributed by atoms with E-state index in [2.05, 4.69) is 15.0 Å². The van der Waals surface area contributed by atoms with Crippen LogP contribution in [-0.4, -0.2) is 39.9 Å². The minimum absolute atomic E-state index is 0.144. The standard InChI is InChI=1S/C20H20N4O2/c1-15-5-7-16(8-6-15)24-13-10-18(22-24)20(25)26-17-9-12-23(14-17)19-4-2-3-11-21-19/h2-8,10-11,13,17H,9,12,14H2,1H3/t17-/m1/s1. The average Bonchev–Trinajstić information content (AvgIpc) is 3.33. The molecule has 6 heteroatoms. The molecule has 1 aliphatic heterocycles. The Morgan fingerprint density at radius 1 is 1.15 bits per heavy atom. The molecule has 0 N–H and O–H groups in total. The quantitative estimate of drug-likeness (QED) is 0.678. The monoisotopic (exact) mass is 348 g/mol. The van der Waals surface area contributed by atoms with Crippen LogP contribution in [-0.2, 0) is 4.74 Å². The van der Waals surface area contributed by atoms with Crippen molar-refractivity contribution in [2.24, 2.45) is 0 Å². The van der Waals surface area contributed by atoms with Crippen LogP contribution in [0.5, 0.6) is 0 Å². The van der Waals surface area contributed by atoms with E-state index in [1.54, 1.807) is 23.1 Å². The van der Waals surface area contributed by atoms with Gasteiger partial charge in [0.2, 0.25) is 0 Å². The fourth-order valence-electron chi connectivity index (χ4n) is 3.06. The first-order chi connectivity index (χ1) is 12.7. The lowest BCUT2D eigenvalue weighted by Crippen LogP contribution is -2.25. The zero-order valence-electron chi connectivity index (χ0n) is 14.6. The summed E-state index contributed by atoms with van der Waals surface area (Å²) in [7, 11) is 0.